The zero-order valence-electron chi connectivity index (χ0n) is 17.1. The molecule has 2 aromatic heterocycles. The lowest BCUT2D eigenvalue weighted by Gasteiger charge is -2.07. The number of benzene rings is 2. The lowest BCUT2D eigenvalue weighted by molar-refractivity contribution is 0.355. The number of ether oxygens (including phenoxy) is 2. The first kappa shape index (κ1) is 20.0. The third kappa shape index (κ3) is 3.88. The fraction of sp³-hybridized carbons (Fsp3) is 0.238. The van der Waals surface area contributed by atoms with E-state index in [1.165, 1.54) is 11.8 Å². The lowest BCUT2D eigenvalue weighted by Crippen LogP contribution is -1.96. The topological polar surface area (TPSA) is 88.1 Å². The van der Waals surface area contributed by atoms with E-state index in [4.69, 9.17) is 14.0 Å². The second-order valence-electron chi connectivity index (χ2n) is 6.55. The summed E-state index contributed by atoms with van der Waals surface area (Å²) in [6.07, 6.45) is 0. The van der Waals surface area contributed by atoms with Crippen molar-refractivity contribution >= 4 is 11.8 Å². The van der Waals surface area contributed by atoms with Gasteiger partial charge in [0.15, 0.2) is 22.5 Å². The molecule has 0 bridgehead atoms. The zero-order chi connectivity index (χ0) is 21.1. The average Bonchev–Trinajstić information content (AvgIpc) is 3.39. The van der Waals surface area contributed by atoms with Crippen molar-refractivity contribution in [2.45, 2.75) is 17.8 Å². The second kappa shape index (κ2) is 8.58. The third-order valence-corrected chi connectivity index (χ3v) is 5.66. The van der Waals surface area contributed by atoms with Crippen molar-refractivity contribution in [1.82, 2.24) is 24.9 Å². The molecule has 0 atom stereocenters. The Morgan fingerprint density at radius 2 is 1.83 bits per heavy atom. The molecule has 9 heteroatoms. The fourth-order valence-electron chi connectivity index (χ4n) is 3.03. The second-order valence-corrected chi connectivity index (χ2v) is 7.49. The SMILES string of the molecule is COc1ccc(-c2noc(CSc3nnc(-c4ccccc4C)n3C)n2)cc1OC. The van der Waals surface area contributed by atoms with Gasteiger partial charge in [-0.1, -0.05) is 41.2 Å². The Morgan fingerprint density at radius 3 is 2.60 bits per heavy atom. The van der Waals surface area contributed by atoms with Crippen molar-refractivity contribution in [2.75, 3.05) is 14.2 Å². The fourth-order valence-corrected chi connectivity index (χ4v) is 3.78. The van der Waals surface area contributed by atoms with Crippen LogP contribution in [0.4, 0.5) is 0 Å². The van der Waals surface area contributed by atoms with Crippen LogP contribution in [0.2, 0.25) is 0 Å². The quantitative estimate of drug-likeness (QED) is 0.410. The van der Waals surface area contributed by atoms with Crippen molar-refractivity contribution in [3.05, 3.63) is 53.9 Å². The Morgan fingerprint density at radius 1 is 1.03 bits per heavy atom. The number of rotatable bonds is 7. The van der Waals surface area contributed by atoms with Gasteiger partial charge in [-0.15, -0.1) is 10.2 Å². The molecule has 0 fully saturated rings. The zero-order valence-corrected chi connectivity index (χ0v) is 17.9. The van der Waals surface area contributed by atoms with E-state index in [2.05, 4.69) is 33.3 Å². The first-order chi connectivity index (χ1) is 14.6. The summed E-state index contributed by atoms with van der Waals surface area (Å²) in [6, 6.07) is 13.6. The average molecular weight is 423 g/mol. The minimum atomic E-state index is 0.486. The molecule has 2 aromatic carbocycles. The van der Waals surface area contributed by atoms with Crippen LogP contribution in [0, 0.1) is 6.92 Å². The number of aryl methyl sites for hydroxylation is 1. The molecule has 0 spiro atoms. The van der Waals surface area contributed by atoms with Crippen molar-refractivity contribution in [1.29, 1.82) is 0 Å². The summed E-state index contributed by atoms with van der Waals surface area (Å²) >= 11 is 1.49. The van der Waals surface area contributed by atoms with Gasteiger partial charge in [0.1, 0.15) is 0 Å². The van der Waals surface area contributed by atoms with Crippen molar-refractivity contribution < 1.29 is 14.0 Å². The van der Waals surface area contributed by atoms with Crippen LogP contribution >= 0.6 is 11.8 Å². The van der Waals surface area contributed by atoms with E-state index in [1.54, 1.807) is 14.2 Å². The van der Waals surface area contributed by atoms with E-state index < -0.39 is 0 Å². The Bertz CT molecular complexity index is 1170. The van der Waals surface area contributed by atoms with Crippen LogP contribution in [0.1, 0.15) is 11.5 Å². The molecule has 0 saturated carbocycles. The molecule has 8 nitrogen and oxygen atoms in total. The number of thioether (sulfide) groups is 1. The van der Waals surface area contributed by atoms with Crippen molar-refractivity contribution in [2.24, 2.45) is 7.05 Å². The van der Waals surface area contributed by atoms with Gasteiger partial charge in [-0.25, -0.2) is 0 Å². The molecule has 0 unspecified atom stereocenters. The van der Waals surface area contributed by atoms with E-state index in [-0.39, 0.29) is 0 Å². The summed E-state index contributed by atoms with van der Waals surface area (Å²) in [4.78, 5) is 4.48. The molecule has 0 saturated heterocycles. The Hall–Kier alpha value is -3.33. The van der Waals surface area contributed by atoms with Crippen LogP contribution in [-0.4, -0.2) is 39.1 Å². The molecule has 4 rings (SSSR count). The summed E-state index contributed by atoms with van der Waals surface area (Å²) in [5.41, 5.74) is 3.00. The van der Waals surface area contributed by atoms with E-state index >= 15 is 0 Å². The molecule has 0 aliphatic heterocycles. The van der Waals surface area contributed by atoms with Gasteiger partial charge in [-0.05, 0) is 30.7 Å². The Labute approximate surface area is 178 Å². The molecule has 0 amide bonds. The summed E-state index contributed by atoms with van der Waals surface area (Å²) in [5.74, 6) is 3.56. The van der Waals surface area contributed by atoms with Gasteiger partial charge in [0.05, 0.1) is 20.0 Å². The minimum Gasteiger partial charge on any atom is -0.493 e. The number of nitrogens with zero attached hydrogens (tertiary/aromatic N) is 5. The molecule has 0 N–H and O–H groups in total. The summed E-state index contributed by atoms with van der Waals surface area (Å²) in [6.45, 7) is 2.06. The van der Waals surface area contributed by atoms with Gasteiger partial charge >= 0.3 is 0 Å². The highest BCUT2D eigenvalue weighted by molar-refractivity contribution is 7.98. The molecule has 2 heterocycles. The standard InChI is InChI=1S/C21H21N5O3S/c1-13-7-5-6-8-15(13)20-23-24-21(26(20)2)30-12-18-22-19(25-29-18)14-9-10-16(27-3)17(11-14)28-4/h5-11H,12H2,1-4H3. The smallest absolute Gasteiger partial charge is 0.237 e. The van der Waals surface area contributed by atoms with Gasteiger partial charge in [0.25, 0.3) is 0 Å². The van der Waals surface area contributed by atoms with Crippen LogP contribution in [-0.2, 0) is 12.8 Å². The van der Waals surface area contributed by atoms with Crippen molar-refractivity contribution in [3.8, 4) is 34.3 Å². The normalized spacial score (nSPS) is 10.9. The molecule has 4 aromatic rings. The van der Waals surface area contributed by atoms with Crippen LogP contribution < -0.4 is 9.47 Å². The van der Waals surface area contributed by atoms with Gasteiger partial charge < -0.3 is 18.6 Å². The van der Waals surface area contributed by atoms with Crippen molar-refractivity contribution in [3.63, 3.8) is 0 Å². The van der Waals surface area contributed by atoms with Crippen LogP contribution in [0.25, 0.3) is 22.8 Å². The lowest BCUT2D eigenvalue weighted by atomic mass is 10.1. The largest absolute Gasteiger partial charge is 0.493 e. The molecule has 154 valence electrons. The van der Waals surface area contributed by atoms with E-state index in [0.29, 0.717) is 29.0 Å². The maximum absolute atomic E-state index is 5.41. The molecular formula is C21H21N5O3S. The van der Waals surface area contributed by atoms with Gasteiger partial charge in [-0.3, -0.25) is 0 Å². The Kier molecular flexibility index (Phi) is 5.71. The molecule has 30 heavy (non-hydrogen) atoms. The first-order valence-electron chi connectivity index (χ1n) is 9.24. The number of hydrogen-bond acceptors (Lipinski definition) is 8. The van der Waals surface area contributed by atoms with E-state index in [9.17, 15) is 0 Å². The van der Waals surface area contributed by atoms with Crippen LogP contribution in [0.15, 0.2) is 52.1 Å². The molecule has 0 radical (unpaired) electrons. The Balaban J connectivity index is 1.49. The monoisotopic (exact) mass is 423 g/mol. The van der Waals surface area contributed by atoms with Gasteiger partial charge in [-0.2, -0.15) is 4.98 Å². The molecule has 0 aliphatic carbocycles. The maximum atomic E-state index is 5.41. The summed E-state index contributed by atoms with van der Waals surface area (Å²) < 4.78 is 18.0. The minimum absolute atomic E-state index is 0.486. The molecule has 0 aliphatic rings. The van der Waals surface area contributed by atoms with E-state index in [0.717, 1.165) is 27.7 Å². The van der Waals surface area contributed by atoms with Gasteiger partial charge in [0, 0.05) is 18.2 Å². The summed E-state index contributed by atoms with van der Waals surface area (Å²) in [7, 11) is 5.14. The predicted molar refractivity (Wildman–Crippen MR) is 114 cm³/mol. The highest BCUT2D eigenvalue weighted by Gasteiger charge is 2.16. The first-order valence-corrected chi connectivity index (χ1v) is 10.2. The van der Waals surface area contributed by atoms with E-state index in [1.807, 2.05) is 48.0 Å². The number of hydrogen-bond donors (Lipinski definition) is 0. The number of methoxy groups -OCH3 is 2. The summed E-state index contributed by atoms with van der Waals surface area (Å²) in [5, 5.41) is 13.5. The van der Waals surface area contributed by atoms with Crippen LogP contribution in [0.3, 0.4) is 0 Å². The predicted octanol–water partition coefficient (Wildman–Crippen LogP) is 4.15. The van der Waals surface area contributed by atoms with Crippen LogP contribution in [0.5, 0.6) is 11.5 Å². The maximum Gasteiger partial charge on any atom is 0.237 e. The van der Waals surface area contributed by atoms with Gasteiger partial charge in [0.2, 0.25) is 11.7 Å². The highest BCUT2D eigenvalue weighted by Crippen LogP contribution is 2.32. The highest BCUT2D eigenvalue weighted by atomic mass is 32.2. The third-order valence-electron chi connectivity index (χ3n) is 4.66. The molecular weight excluding hydrogens is 402 g/mol. The number of aromatic nitrogens is 5.